The molecule has 7 nitrogen and oxygen atoms in total. The van der Waals surface area contributed by atoms with Crippen LogP contribution in [0.15, 0.2) is 66.2 Å². The van der Waals surface area contributed by atoms with Crippen molar-refractivity contribution in [2.45, 2.75) is 5.92 Å². The van der Waals surface area contributed by atoms with Crippen LogP contribution in [0.2, 0.25) is 0 Å². The molecule has 4 rings (SSSR count). The highest BCUT2D eigenvalue weighted by atomic mass is 16.6. The Hall–Kier alpha value is -3.92. The molecule has 3 aromatic rings. The fourth-order valence-corrected chi connectivity index (χ4v) is 3.23. The number of nitriles is 1. The van der Waals surface area contributed by atoms with E-state index in [1.54, 1.807) is 24.4 Å². The van der Waals surface area contributed by atoms with Gasteiger partial charge in [-0.15, -0.1) is 0 Å². The van der Waals surface area contributed by atoms with E-state index < -0.39 is 10.8 Å². The van der Waals surface area contributed by atoms with Gasteiger partial charge in [0, 0.05) is 29.3 Å². The number of aromatic nitrogens is 1. The molecule has 1 aromatic heterocycles. The Balaban J connectivity index is 2.00. The van der Waals surface area contributed by atoms with Crippen LogP contribution in [0, 0.1) is 21.4 Å². The SMILES string of the molecule is N#CC1=C(N)Oc2c(ccc3ncccc23)C1c1cccc([N+](=O)[O-])c1. The summed E-state index contributed by atoms with van der Waals surface area (Å²) in [5, 5.41) is 21.5. The van der Waals surface area contributed by atoms with Gasteiger partial charge in [0.25, 0.3) is 5.69 Å². The Morgan fingerprint density at radius 2 is 2.08 bits per heavy atom. The third-order valence-electron chi connectivity index (χ3n) is 4.38. The van der Waals surface area contributed by atoms with E-state index in [0.29, 0.717) is 11.3 Å². The van der Waals surface area contributed by atoms with E-state index >= 15 is 0 Å². The minimum Gasteiger partial charge on any atom is -0.439 e. The van der Waals surface area contributed by atoms with Crippen molar-refractivity contribution in [2.24, 2.45) is 5.73 Å². The van der Waals surface area contributed by atoms with Crippen molar-refractivity contribution in [1.82, 2.24) is 4.98 Å². The summed E-state index contributed by atoms with van der Waals surface area (Å²) in [7, 11) is 0. The van der Waals surface area contributed by atoms with E-state index in [2.05, 4.69) is 11.1 Å². The number of fused-ring (bicyclic) bond motifs is 3. The van der Waals surface area contributed by atoms with Gasteiger partial charge in [0.1, 0.15) is 17.4 Å². The standard InChI is InChI=1S/C19H12N4O3/c20-10-15-17(11-3-1-4-12(9-11)23(24)25)14-6-7-16-13(5-2-8-22-16)18(14)26-19(15)21/h1-9,17H,21H2. The summed E-state index contributed by atoms with van der Waals surface area (Å²) in [6.07, 6.45) is 1.68. The van der Waals surface area contributed by atoms with Crippen LogP contribution in [0.3, 0.4) is 0 Å². The van der Waals surface area contributed by atoms with Gasteiger partial charge in [0.05, 0.1) is 16.4 Å². The lowest BCUT2D eigenvalue weighted by molar-refractivity contribution is -0.384. The van der Waals surface area contributed by atoms with Gasteiger partial charge in [0.15, 0.2) is 0 Å². The molecule has 1 atom stereocenters. The molecule has 7 heteroatoms. The lowest BCUT2D eigenvalue weighted by atomic mass is 9.82. The number of rotatable bonds is 2. The van der Waals surface area contributed by atoms with Crippen LogP contribution in [0.1, 0.15) is 17.0 Å². The van der Waals surface area contributed by atoms with Crippen LogP contribution >= 0.6 is 0 Å². The zero-order valence-corrected chi connectivity index (χ0v) is 13.4. The molecule has 1 aliphatic heterocycles. The van der Waals surface area contributed by atoms with Crippen molar-refractivity contribution in [3.05, 3.63) is 87.4 Å². The van der Waals surface area contributed by atoms with E-state index in [-0.39, 0.29) is 17.1 Å². The molecule has 0 aliphatic carbocycles. The number of nitro groups is 1. The zero-order valence-electron chi connectivity index (χ0n) is 13.4. The van der Waals surface area contributed by atoms with E-state index in [1.165, 1.54) is 12.1 Å². The second-order valence-corrected chi connectivity index (χ2v) is 5.83. The topological polar surface area (TPSA) is 115 Å². The zero-order chi connectivity index (χ0) is 18.3. The number of pyridine rings is 1. The second-order valence-electron chi connectivity index (χ2n) is 5.83. The number of nitrogens with zero attached hydrogens (tertiary/aromatic N) is 3. The van der Waals surface area contributed by atoms with Crippen LogP contribution in [0.5, 0.6) is 5.75 Å². The lowest BCUT2D eigenvalue weighted by Crippen LogP contribution is -2.21. The first-order valence-corrected chi connectivity index (χ1v) is 7.79. The van der Waals surface area contributed by atoms with Crippen molar-refractivity contribution in [3.8, 4) is 11.8 Å². The molecule has 2 heterocycles. The summed E-state index contributed by atoms with van der Waals surface area (Å²) < 4.78 is 5.74. The lowest BCUT2D eigenvalue weighted by Gasteiger charge is -2.27. The average Bonchev–Trinajstić information content (AvgIpc) is 2.67. The number of nitro benzene ring substituents is 1. The molecule has 2 N–H and O–H groups in total. The monoisotopic (exact) mass is 344 g/mol. The summed E-state index contributed by atoms with van der Waals surface area (Å²) in [6, 6.07) is 15.6. The van der Waals surface area contributed by atoms with Crippen molar-refractivity contribution >= 4 is 16.6 Å². The number of hydrogen-bond donors (Lipinski definition) is 1. The Bertz CT molecular complexity index is 1130. The van der Waals surface area contributed by atoms with E-state index in [1.807, 2.05) is 18.2 Å². The maximum atomic E-state index is 11.1. The highest BCUT2D eigenvalue weighted by Crippen LogP contribution is 2.45. The molecule has 0 bridgehead atoms. The van der Waals surface area contributed by atoms with Crippen molar-refractivity contribution < 1.29 is 9.66 Å². The molecule has 0 saturated heterocycles. The first kappa shape index (κ1) is 15.6. The third kappa shape index (κ3) is 2.32. The number of nitrogens with two attached hydrogens (primary N) is 1. The summed E-state index contributed by atoms with van der Waals surface area (Å²) >= 11 is 0. The molecular weight excluding hydrogens is 332 g/mol. The Morgan fingerprint density at radius 3 is 2.85 bits per heavy atom. The summed E-state index contributed by atoms with van der Waals surface area (Å²) in [4.78, 5) is 15.0. The predicted molar refractivity (Wildman–Crippen MR) is 94.1 cm³/mol. The van der Waals surface area contributed by atoms with Crippen molar-refractivity contribution in [2.75, 3.05) is 0 Å². The first-order chi connectivity index (χ1) is 12.6. The summed E-state index contributed by atoms with van der Waals surface area (Å²) in [5.74, 6) is -0.0373. The van der Waals surface area contributed by atoms with E-state index in [9.17, 15) is 15.4 Å². The molecule has 126 valence electrons. The average molecular weight is 344 g/mol. The second kappa shape index (κ2) is 5.86. The first-order valence-electron chi connectivity index (χ1n) is 7.79. The molecule has 1 unspecified atom stereocenters. The molecule has 1 aliphatic rings. The van der Waals surface area contributed by atoms with Gasteiger partial charge in [-0.3, -0.25) is 15.1 Å². The number of ether oxygens (including phenoxy) is 1. The highest BCUT2D eigenvalue weighted by Gasteiger charge is 2.32. The summed E-state index contributed by atoms with van der Waals surface area (Å²) in [5.41, 5.74) is 8.23. The van der Waals surface area contributed by atoms with E-state index in [4.69, 9.17) is 10.5 Å². The fourth-order valence-electron chi connectivity index (χ4n) is 3.23. The van der Waals surface area contributed by atoms with Gasteiger partial charge in [0.2, 0.25) is 5.88 Å². The Morgan fingerprint density at radius 1 is 1.23 bits per heavy atom. The predicted octanol–water partition coefficient (Wildman–Crippen LogP) is 3.36. The normalized spacial score (nSPS) is 15.9. The van der Waals surface area contributed by atoms with Crippen molar-refractivity contribution in [3.63, 3.8) is 0 Å². The number of benzene rings is 2. The van der Waals surface area contributed by atoms with Gasteiger partial charge < -0.3 is 10.5 Å². The summed E-state index contributed by atoms with van der Waals surface area (Å²) in [6.45, 7) is 0. The van der Waals surface area contributed by atoms with Gasteiger partial charge in [-0.1, -0.05) is 18.2 Å². The molecule has 0 fully saturated rings. The van der Waals surface area contributed by atoms with Gasteiger partial charge >= 0.3 is 0 Å². The molecule has 0 radical (unpaired) electrons. The van der Waals surface area contributed by atoms with Gasteiger partial charge in [-0.05, 0) is 23.8 Å². The maximum absolute atomic E-state index is 11.1. The van der Waals surface area contributed by atoms with Crippen LogP contribution in [0.4, 0.5) is 5.69 Å². The minimum absolute atomic E-state index is 0.00661. The maximum Gasteiger partial charge on any atom is 0.269 e. The van der Waals surface area contributed by atoms with Crippen LogP contribution in [-0.2, 0) is 0 Å². The molecule has 0 saturated carbocycles. The van der Waals surface area contributed by atoms with E-state index in [0.717, 1.165) is 16.5 Å². The van der Waals surface area contributed by atoms with Crippen LogP contribution in [-0.4, -0.2) is 9.91 Å². The Kier molecular flexibility index (Phi) is 3.52. The molecule has 0 amide bonds. The third-order valence-corrected chi connectivity index (χ3v) is 4.38. The quantitative estimate of drug-likeness (QED) is 0.563. The van der Waals surface area contributed by atoms with Gasteiger partial charge in [-0.25, -0.2) is 0 Å². The van der Waals surface area contributed by atoms with Gasteiger partial charge in [-0.2, -0.15) is 5.26 Å². The largest absolute Gasteiger partial charge is 0.439 e. The Labute approximate surface area is 148 Å². The minimum atomic E-state index is -0.548. The molecule has 2 aromatic carbocycles. The fraction of sp³-hybridized carbons (Fsp3) is 0.0526. The molecule has 0 spiro atoms. The van der Waals surface area contributed by atoms with Crippen LogP contribution in [0.25, 0.3) is 10.9 Å². The van der Waals surface area contributed by atoms with Crippen molar-refractivity contribution in [1.29, 1.82) is 5.26 Å². The molecule has 26 heavy (non-hydrogen) atoms. The smallest absolute Gasteiger partial charge is 0.269 e. The number of hydrogen-bond acceptors (Lipinski definition) is 6. The highest BCUT2D eigenvalue weighted by molar-refractivity contribution is 5.88. The molecular formula is C19H12N4O3. The van der Waals surface area contributed by atoms with Crippen LogP contribution < -0.4 is 10.5 Å². The number of allylic oxidation sites excluding steroid dienone is 1. The number of non-ortho nitro benzene ring substituents is 1.